The first kappa shape index (κ1) is 12.5. The molecule has 2 aromatic rings. The molecule has 0 aromatic carbocycles. The molecule has 0 aliphatic heterocycles. The molecule has 4 rings (SSSR count). The molecule has 2 heterocycles. The molecule has 0 spiro atoms. The maximum atomic E-state index is 5.82. The standard InChI is InChI=1S/C15H20N4S/c16-7-6-10-2-1-3-12-13(10)14(11-4-5-11)18-19(12)15-17-8-9-20-15/h8-11H,1-7,16H2. The van der Waals surface area contributed by atoms with Crippen LogP contribution in [0.1, 0.15) is 60.9 Å². The SMILES string of the molecule is NCCC1CCCc2c1c(C1CC1)nn2-c1nccs1. The molecule has 4 nitrogen and oxygen atoms in total. The fourth-order valence-corrected chi connectivity index (χ4v) is 4.07. The van der Waals surface area contributed by atoms with E-state index in [4.69, 9.17) is 10.8 Å². The van der Waals surface area contributed by atoms with Gasteiger partial charge < -0.3 is 5.73 Å². The highest BCUT2D eigenvalue weighted by atomic mass is 32.1. The summed E-state index contributed by atoms with van der Waals surface area (Å²) in [5.41, 5.74) is 10.1. The number of hydrogen-bond acceptors (Lipinski definition) is 4. The number of nitrogens with zero attached hydrogens (tertiary/aromatic N) is 3. The van der Waals surface area contributed by atoms with Crippen LogP contribution in [-0.4, -0.2) is 21.3 Å². The second-order valence-corrected chi connectivity index (χ2v) is 6.79. The first-order valence-electron chi connectivity index (χ1n) is 7.60. The van der Waals surface area contributed by atoms with Crippen molar-refractivity contribution in [2.45, 2.75) is 50.4 Å². The van der Waals surface area contributed by atoms with Crippen molar-refractivity contribution >= 4 is 11.3 Å². The van der Waals surface area contributed by atoms with Gasteiger partial charge in [-0.3, -0.25) is 0 Å². The Kier molecular flexibility index (Phi) is 3.11. The van der Waals surface area contributed by atoms with Crippen molar-refractivity contribution in [1.82, 2.24) is 14.8 Å². The minimum absolute atomic E-state index is 0.619. The third-order valence-electron chi connectivity index (χ3n) is 4.50. The molecule has 0 saturated heterocycles. The minimum Gasteiger partial charge on any atom is -0.330 e. The Morgan fingerprint density at radius 2 is 2.25 bits per heavy atom. The molecule has 0 radical (unpaired) electrons. The van der Waals surface area contributed by atoms with Gasteiger partial charge in [-0.1, -0.05) is 0 Å². The zero-order valence-electron chi connectivity index (χ0n) is 11.6. The van der Waals surface area contributed by atoms with Gasteiger partial charge in [-0.2, -0.15) is 5.10 Å². The second-order valence-electron chi connectivity index (χ2n) is 5.91. The van der Waals surface area contributed by atoms with Crippen LogP contribution in [0, 0.1) is 0 Å². The zero-order chi connectivity index (χ0) is 13.5. The Balaban J connectivity index is 1.84. The summed E-state index contributed by atoms with van der Waals surface area (Å²) in [4.78, 5) is 4.45. The summed E-state index contributed by atoms with van der Waals surface area (Å²) in [6.07, 6.45) is 9.22. The van der Waals surface area contributed by atoms with Crippen LogP contribution in [0.5, 0.6) is 0 Å². The molecule has 1 saturated carbocycles. The van der Waals surface area contributed by atoms with Crippen molar-refractivity contribution in [3.63, 3.8) is 0 Å². The Bertz CT molecular complexity index is 598. The van der Waals surface area contributed by atoms with Crippen LogP contribution in [-0.2, 0) is 6.42 Å². The van der Waals surface area contributed by atoms with E-state index in [9.17, 15) is 0 Å². The van der Waals surface area contributed by atoms with Gasteiger partial charge in [-0.25, -0.2) is 9.67 Å². The molecule has 20 heavy (non-hydrogen) atoms. The summed E-state index contributed by atoms with van der Waals surface area (Å²) in [7, 11) is 0. The summed E-state index contributed by atoms with van der Waals surface area (Å²) in [5.74, 6) is 1.32. The monoisotopic (exact) mass is 288 g/mol. The molecule has 2 aromatic heterocycles. The van der Waals surface area contributed by atoms with E-state index in [2.05, 4.69) is 9.67 Å². The van der Waals surface area contributed by atoms with Crippen molar-refractivity contribution in [2.24, 2.45) is 5.73 Å². The Morgan fingerprint density at radius 1 is 1.35 bits per heavy atom. The summed E-state index contributed by atoms with van der Waals surface area (Å²) in [6.45, 7) is 0.774. The molecular weight excluding hydrogens is 268 g/mol. The van der Waals surface area contributed by atoms with Gasteiger partial charge >= 0.3 is 0 Å². The van der Waals surface area contributed by atoms with Gasteiger partial charge in [0, 0.05) is 23.1 Å². The van der Waals surface area contributed by atoms with Crippen molar-refractivity contribution in [3.8, 4) is 5.13 Å². The molecule has 1 atom stereocenters. The summed E-state index contributed by atoms with van der Waals surface area (Å²) in [5, 5.41) is 8.00. The van der Waals surface area contributed by atoms with Crippen LogP contribution < -0.4 is 5.73 Å². The van der Waals surface area contributed by atoms with Gasteiger partial charge in [0.05, 0.1) is 11.4 Å². The zero-order valence-corrected chi connectivity index (χ0v) is 12.4. The van der Waals surface area contributed by atoms with E-state index in [0.717, 1.165) is 24.5 Å². The van der Waals surface area contributed by atoms with Crippen LogP contribution in [0.3, 0.4) is 0 Å². The Labute approximate surface area is 123 Å². The molecule has 2 aliphatic carbocycles. The van der Waals surface area contributed by atoms with Gasteiger partial charge in [0.2, 0.25) is 5.13 Å². The van der Waals surface area contributed by atoms with Crippen LogP contribution in [0.4, 0.5) is 0 Å². The Morgan fingerprint density at radius 3 is 2.95 bits per heavy atom. The fraction of sp³-hybridized carbons (Fsp3) is 0.600. The quantitative estimate of drug-likeness (QED) is 0.941. The topological polar surface area (TPSA) is 56.7 Å². The van der Waals surface area contributed by atoms with Gasteiger partial charge in [0.15, 0.2) is 0 Å². The third-order valence-corrected chi connectivity index (χ3v) is 5.25. The number of rotatable bonds is 4. The number of aromatic nitrogens is 3. The third kappa shape index (κ3) is 2.00. The molecule has 106 valence electrons. The Hall–Kier alpha value is -1.20. The van der Waals surface area contributed by atoms with Crippen LogP contribution in [0.25, 0.3) is 5.13 Å². The van der Waals surface area contributed by atoms with Crippen molar-refractivity contribution in [3.05, 3.63) is 28.5 Å². The van der Waals surface area contributed by atoms with Crippen LogP contribution in [0.15, 0.2) is 11.6 Å². The minimum atomic E-state index is 0.619. The molecule has 1 fully saturated rings. The number of nitrogens with two attached hydrogens (primary N) is 1. The lowest BCUT2D eigenvalue weighted by Gasteiger charge is -2.23. The number of fused-ring (bicyclic) bond motifs is 1. The predicted octanol–water partition coefficient (Wildman–Crippen LogP) is 2.97. The van der Waals surface area contributed by atoms with E-state index < -0.39 is 0 Å². The van der Waals surface area contributed by atoms with Crippen molar-refractivity contribution < 1.29 is 0 Å². The normalized spacial score (nSPS) is 21.9. The van der Waals surface area contributed by atoms with Crippen molar-refractivity contribution in [2.75, 3.05) is 6.54 Å². The summed E-state index contributed by atoms with van der Waals surface area (Å²) < 4.78 is 2.12. The molecule has 0 bridgehead atoms. The van der Waals surface area contributed by atoms with E-state index >= 15 is 0 Å². The average Bonchev–Trinajstić information content (AvgIpc) is 3.02. The van der Waals surface area contributed by atoms with E-state index in [1.807, 2.05) is 11.6 Å². The van der Waals surface area contributed by atoms with Crippen LogP contribution in [0.2, 0.25) is 0 Å². The number of thiazole rings is 1. The molecule has 5 heteroatoms. The maximum absolute atomic E-state index is 5.82. The molecule has 0 amide bonds. The lowest BCUT2D eigenvalue weighted by Crippen LogP contribution is -2.15. The second kappa shape index (κ2) is 4.97. The van der Waals surface area contributed by atoms with Gasteiger partial charge in [-0.15, -0.1) is 11.3 Å². The highest BCUT2D eigenvalue weighted by molar-refractivity contribution is 7.12. The molecular formula is C15H20N4S. The lowest BCUT2D eigenvalue weighted by molar-refractivity contribution is 0.515. The van der Waals surface area contributed by atoms with E-state index in [1.165, 1.54) is 42.6 Å². The average molecular weight is 288 g/mol. The highest BCUT2D eigenvalue weighted by Crippen LogP contribution is 2.47. The van der Waals surface area contributed by atoms with Crippen molar-refractivity contribution in [1.29, 1.82) is 0 Å². The summed E-state index contributed by atoms with van der Waals surface area (Å²) in [6, 6.07) is 0. The first-order valence-corrected chi connectivity index (χ1v) is 8.48. The lowest BCUT2D eigenvalue weighted by atomic mass is 9.82. The van der Waals surface area contributed by atoms with Crippen LogP contribution >= 0.6 is 11.3 Å². The van der Waals surface area contributed by atoms with E-state index in [1.54, 1.807) is 11.3 Å². The first-order chi connectivity index (χ1) is 9.88. The fourth-order valence-electron chi connectivity index (χ4n) is 3.46. The largest absolute Gasteiger partial charge is 0.330 e. The smallest absolute Gasteiger partial charge is 0.210 e. The molecule has 1 unspecified atom stereocenters. The van der Waals surface area contributed by atoms with Gasteiger partial charge in [0.1, 0.15) is 0 Å². The maximum Gasteiger partial charge on any atom is 0.210 e. The van der Waals surface area contributed by atoms with E-state index in [-0.39, 0.29) is 0 Å². The number of hydrogen-bond donors (Lipinski definition) is 1. The predicted molar refractivity (Wildman–Crippen MR) is 80.6 cm³/mol. The molecule has 2 aliphatic rings. The highest BCUT2D eigenvalue weighted by Gasteiger charge is 2.36. The van der Waals surface area contributed by atoms with Gasteiger partial charge in [-0.05, 0) is 51.0 Å². The van der Waals surface area contributed by atoms with E-state index in [0.29, 0.717) is 11.8 Å². The molecule has 2 N–H and O–H groups in total. The summed E-state index contributed by atoms with van der Waals surface area (Å²) >= 11 is 1.67. The van der Waals surface area contributed by atoms with Gasteiger partial charge in [0.25, 0.3) is 0 Å².